The molecule has 0 rings (SSSR count). The van der Waals surface area contributed by atoms with Crippen LogP contribution in [0.25, 0.3) is 0 Å². The Bertz CT molecular complexity index is 142. The highest BCUT2D eigenvalue weighted by atomic mass is 16.3. The predicted octanol–water partition coefficient (Wildman–Crippen LogP) is 5.31. The third kappa shape index (κ3) is 13.9. The lowest BCUT2D eigenvalue weighted by Gasteiger charge is -2.07. The molecule has 0 spiro atoms. The minimum absolute atomic E-state index is 0.101. The van der Waals surface area contributed by atoms with Gasteiger partial charge in [-0.2, -0.15) is 0 Å². The van der Waals surface area contributed by atoms with Crippen LogP contribution in [0.4, 0.5) is 0 Å². The number of hydrogen-bond acceptors (Lipinski definition) is 1. The second-order valence-corrected chi connectivity index (χ2v) is 5.77. The fourth-order valence-electron chi connectivity index (χ4n) is 2.20. The summed E-state index contributed by atoms with van der Waals surface area (Å²) in [5.74, 6) is 0.926. The maximum atomic E-state index is 9.12. The van der Waals surface area contributed by atoms with Crippen LogP contribution in [0.2, 0.25) is 0 Å². The van der Waals surface area contributed by atoms with Crippen molar-refractivity contribution in [3.05, 3.63) is 0 Å². The molecule has 0 saturated heterocycles. The Morgan fingerprint density at radius 2 is 1.12 bits per heavy atom. The van der Waals surface area contributed by atoms with E-state index in [1.165, 1.54) is 64.2 Å². The first-order valence-corrected chi connectivity index (χ1v) is 7.84. The Balaban J connectivity index is 2.99. The van der Waals surface area contributed by atoms with Gasteiger partial charge in [0.25, 0.3) is 0 Å². The molecule has 0 radical (unpaired) electrons. The van der Waals surface area contributed by atoms with Gasteiger partial charge in [0, 0.05) is 0 Å². The van der Waals surface area contributed by atoms with Crippen LogP contribution in [0.3, 0.4) is 0 Å². The maximum Gasteiger partial charge on any atom is 0.0512 e. The van der Waals surface area contributed by atoms with Crippen LogP contribution in [0, 0.1) is 5.92 Å². The van der Waals surface area contributed by atoms with E-state index in [0.717, 1.165) is 12.3 Å². The van der Waals surface area contributed by atoms with Crippen molar-refractivity contribution < 1.29 is 5.11 Å². The van der Waals surface area contributed by atoms with E-state index in [1.807, 2.05) is 6.92 Å². The zero-order chi connectivity index (χ0) is 12.9. The molecule has 1 heteroatoms. The third-order valence-corrected chi connectivity index (χ3v) is 3.77. The maximum absolute atomic E-state index is 9.12. The number of rotatable bonds is 12. The van der Waals surface area contributed by atoms with Crippen LogP contribution in [0.5, 0.6) is 0 Å². The molecular weight excluding hydrogens is 208 g/mol. The summed E-state index contributed by atoms with van der Waals surface area (Å²) in [6, 6.07) is 0. The molecule has 0 aromatic rings. The molecule has 0 heterocycles. The van der Waals surface area contributed by atoms with Gasteiger partial charge in [-0.05, 0) is 19.3 Å². The molecule has 0 amide bonds. The minimum Gasteiger partial charge on any atom is -0.393 e. The summed E-state index contributed by atoms with van der Waals surface area (Å²) in [6.45, 7) is 6.54. The lowest BCUT2D eigenvalue weighted by atomic mass is 9.99. The molecule has 0 aromatic carbocycles. The Labute approximate surface area is 109 Å². The van der Waals surface area contributed by atoms with Crippen molar-refractivity contribution in [3.8, 4) is 0 Å². The van der Waals surface area contributed by atoms with Crippen molar-refractivity contribution in [2.75, 3.05) is 0 Å². The first kappa shape index (κ1) is 17.0. The van der Waals surface area contributed by atoms with Crippen molar-refractivity contribution in [1.82, 2.24) is 0 Å². The SMILES string of the molecule is CCC(C)CCCCCCCCCCC(C)O. The van der Waals surface area contributed by atoms with E-state index < -0.39 is 0 Å². The first-order chi connectivity index (χ1) is 8.16. The molecule has 0 aromatic heterocycles. The Morgan fingerprint density at radius 1 is 0.706 bits per heavy atom. The zero-order valence-electron chi connectivity index (χ0n) is 12.4. The zero-order valence-corrected chi connectivity index (χ0v) is 12.4. The van der Waals surface area contributed by atoms with Crippen LogP contribution in [-0.2, 0) is 0 Å². The van der Waals surface area contributed by atoms with Gasteiger partial charge in [-0.15, -0.1) is 0 Å². The number of aliphatic hydroxyl groups excluding tert-OH is 1. The van der Waals surface area contributed by atoms with Gasteiger partial charge >= 0.3 is 0 Å². The van der Waals surface area contributed by atoms with E-state index in [2.05, 4.69) is 13.8 Å². The molecule has 0 aliphatic heterocycles. The predicted molar refractivity (Wildman–Crippen MR) is 77.3 cm³/mol. The van der Waals surface area contributed by atoms with Crippen molar-refractivity contribution in [3.63, 3.8) is 0 Å². The van der Waals surface area contributed by atoms with Gasteiger partial charge < -0.3 is 5.11 Å². The largest absolute Gasteiger partial charge is 0.393 e. The molecule has 1 nitrogen and oxygen atoms in total. The normalized spacial score (nSPS) is 14.8. The highest BCUT2D eigenvalue weighted by Crippen LogP contribution is 2.15. The summed E-state index contributed by atoms with van der Waals surface area (Å²) in [5.41, 5.74) is 0. The van der Waals surface area contributed by atoms with Gasteiger partial charge in [0.15, 0.2) is 0 Å². The Kier molecular flexibility index (Phi) is 12.4. The van der Waals surface area contributed by atoms with E-state index in [0.29, 0.717) is 0 Å². The van der Waals surface area contributed by atoms with E-state index >= 15 is 0 Å². The molecule has 17 heavy (non-hydrogen) atoms. The minimum atomic E-state index is -0.101. The van der Waals surface area contributed by atoms with Crippen LogP contribution in [0.1, 0.15) is 91.4 Å². The van der Waals surface area contributed by atoms with Crippen LogP contribution in [-0.4, -0.2) is 11.2 Å². The average Bonchev–Trinajstić information content (AvgIpc) is 2.30. The number of hydrogen-bond donors (Lipinski definition) is 1. The molecule has 2 unspecified atom stereocenters. The fourth-order valence-corrected chi connectivity index (χ4v) is 2.20. The summed E-state index contributed by atoms with van der Waals surface area (Å²) in [5, 5.41) is 9.12. The summed E-state index contributed by atoms with van der Waals surface area (Å²) in [4.78, 5) is 0. The van der Waals surface area contributed by atoms with Gasteiger partial charge in [-0.25, -0.2) is 0 Å². The van der Waals surface area contributed by atoms with Gasteiger partial charge in [0.05, 0.1) is 6.10 Å². The van der Waals surface area contributed by atoms with Crippen molar-refractivity contribution >= 4 is 0 Å². The highest BCUT2D eigenvalue weighted by Gasteiger charge is 1.98. The fraction of sp³-hybridized carbons (Fsp3) is 1.00. The summed E-state index contributed by atoms with van der Waals surface area (Å²) in [6.07, 6.45) is 14.6. The van der Waals surface area contributed by atoms with E-state index in [-0.39, 0.29) is 6.10 Å². The van der Waals surface area contributed by atoms with Crippen molar-refractivity contribution in [2.45, 2.75) is 97.5 Å². The molecule has 0 fully saturated rings. The third-order valence-electron chi connectivity index (χ3n) is 3.77. The molecule has 0 aliphatic rings. The molecule has 1 N–H and O–H groups in total. The van der Waals surface area contributed by atoms with Gasteiger partial charge in [-0.3, -0.25) is 0 Å². The first-order valence-electron chi connectivity index (χ1n) is 7.84. The monoisotopic (exact) mass is 242 g/mol. The average molecular weight is 242 g/mol. The summed E-state index contributed by atoms with van der Waals surface area (Å²) >= 11 is 0. The van der Waals surface area contributed by atoms with Crippen molar-refractivity contribution in [2.24, 2.45) is 5.92 Å². The van der Waals surface area contributed by atoms with Crippen molar-refractivity contribution in [1.29, 1.82) is 0 Å². The standard InChI is InChI=1S/C16H34O/c1-4-15(2)13-11-9-7-5-6-8-10-12-14-16(3)17/h15-17H,4-14H2,1-3H3. The quantitative estimate of drug-likeness (QED) is 0.460. The van der Waals surface area contributed by atoms with Gasteiger partial charge in [0.1, 0.15) is 0 Å². The molecular formula is C16H34O. The lowest BCUT2D eigenvalue weighted by molar-refractivity contribution is 0.180. The van der Waals surface area contributed by atoms with E-state index in [9.17, 15) is 0 Å². The Hall–Kier alpha value is -0.0400. The highest BCUT2D eigenvalue weighted by molar-refractivity contribution is 4.53. The molecule has 0 bridgehead atoms. The smallest absolute Gasteiger partial charge is 0.0512 e. The molecule has 0 saturated carbocycles. The molecule has 2 atom stereocenters. The van der Waals surface area contributed by atoms with E-state index in [1.54, 1.807) is 0 Å². The number of aliphatic hydroxyl groups is 1. The van der Waals surface area contributed by atoms with E-state index in [4.69, 9.17) is 5.11 Å². The summed E-state index contributed by atoms with van der Waals surface area (Å²) in [7, 11) is 0. The summed E-state index contributed by atoms with van der Waals surface area (Å²) < 4.78 is 0. The second-order valence-electron chi connectivity index (χ2n) is 5.77. The van der Waals surface area contributed by atoms with Gasteiger partial charge in [-0.1, -0.05) is 78.1 Å². The second kappa shape index (κ2) is 12.4. The number of unbranched alkanes of at least 4 members (excludes halogenated alkanes) is 7. The molecule has 0 aliphatic carbocycles. The topological polar surface area (TPSA) is 20.2 Å². The lowest BCUT2D eigenvalue weighted by Crippen LogP contribution is -1.98. The van der Waals surface area contributed by atoms with Crippen LogP contribution >= 0.6 is 0 Å². The molecule has 104 valence electrons. The van der Waals surface area contributed by atoms with Gasteiger partial charge in [0.2, 0.25) is 0 Å². The van der Waals surface area contributed by atoms with Crippen LogP contribution < -0.4 is 0 Å². The Morgan fingerprint density at radius 3 is 1.53 bits per heavy atom. The van der Waals surface area contributed by atoms with Crippen LogP contribution in [0.15, 0.2) is 0 Å².